The smallest absolute Gasteiger partial charge is 0.255 e. The van der Waals surface area contributed by atoms with Crippen molar-refractivity contribution in [1.82, 2.24) is 19.4 Å². The molecule has 1 saturated carbocycles. The van der Waals surface area contributed by atoms with Gasteiger partial charge in [-0.05, 0) is 6.07 Å². The van der Waals surface area contributed by atoms with E-state index in [1.165, 1.54) is 22.9 Å². The van der Waals surface area contributed by atoms with Gasteiger partial charge in [-0.15, -0.1) is 0 Å². The average Bonchev–Trinajstić information content (AvgIpc) is 3.16. The van der Waals surface area contributed by atoms with Crippen LogP contribution in [0.1, 0.15) is 13.8 Å². The topological polar surface area (TPSA) is 71.3 Å². The van der Waals surface area contributed by atoms with Gasteiger partial charge >= 0.3 is 0 Å². The first kappa shape index (κ1) is 18.6. The van der Waals surface area contributed by atoms with E-state index in [9.17, 15) is 14.0 Å². The van der Waals surface area contributed by atoms with E-state index in [1.54, 1.807) is 7.05 Å². The summed E-state index contributed by atoms with van der Waals surface area (Å²) >= 11 is 0. The quantitative estimate of drug-likeness (QED) is 0.798. The molecule has 0 radical (unpaired) electrons. The summed E-state index contributed by atoms with van der Waals surface area (Å²) in [6.07, 6.45) is 2.59. The van der Waals surface area contributed by atoms with Crippen LogP contribution in [0.25, 0.3) is 11.3 Å². The van der Waals surface area contributed by atoms with Gasteiger partial charge in [0, 0.05) is 68.8 Å². The summed E-state index contributed by atoms with van der Waals surface area (Å²) in [5.41, 5.74) is 0.310. The number of carbonyl (C=O) groups excluding carboxylic acids is 1. The molecule has 3 heterocycles. The number of hydrogen-bond acceptors (Lipinski definition) is 5. The van der Waals surface area contributed by atoms with E-state index >= 15 is 0 Å². The van der Waals surface area contributed by atoms with Crippen LogP contribution in [0, 0.1) is 23.6 Å². The summed E-state index contributed by atoms with van der Waals surface area (Å²) in [5, 5.41) is 0. The van der Waals surface area contributed by atoms with Gasteiger partial charge in [-0.1, -0.05) is 13.8 Å². The monoisotopic (exact) mass is 385 g/mol. The minimum absolute atomic E-state index is 0.00288. The molecule has 3 atom stereocenters. The molecule has 28 heavy (non-hydrogen) atoms. The van der Waals surface area contributed by atoms with Crippen molar-refractivity contribution in [3.8, 4) is 11.3 Å². The molecule has 1 aliphatic carbocycles. The van der Waals surface area contributed by atoms with Crippen LogP contribution in [0.4, 0.5) is 10.3 Å². The lowest BCUT2D eigenvalue weighted by molar-refractivity contribution is -0.133. The molecule has 1 saturated heterocycles. The van der Waals surface area contributed by atoms with E-state index in [0.717, 1.165) is 19.3 Å². The van der Waals surface area contributed by atoms with Gasteiger partial charge in [0.25, 0.3) is 5.56 Å². The van der Waals surface area contributed by atoms with Gasteiger partial charge in [0.1, 0.15) is 0 Å². The Labute approximate surface area is 162 Å². The zero-order chi connectivity index (χ0) is 20.2. The van der Waals surface area contributed by atoms with Gasteiger partial charge in [0.15, 0.2) is 5.82 Å². The lowest BCUT2D eigenvalue weighted by atomic mass is 10.2. The zero-order valence-corrected chi connectivity index (χ0v) is 16.5. The van der Waals surface area contributed by atoms with Crippen molar-refractivity contribution in [3.63, 3.8) is 0 Å². The molecule has 4 rings (SSSR count). The number of anilines is 1. The van der Waals surface area contributed by atoms with E-state index in [2.05, 4.69) is 9.97 Å². The second-order valence-electron chi connectivity index (χ2n) is 8.02. The Kier molecular flexibility index (Phi) is 4.44. The van der Waals surface area contributed by atoms with Gasteiger partial charge in [-0.25, -0.2) is 9.37 Å². The number of carbonyl (C=O) groups is 1. The fraction of sp³-hybridized carbons (Fsp3) is 0.500. The lowest BCUT2D eigenvalue weighted by Crippen LogP contribution is -2.39. The molecule has 0 bridgehead atoms. The van der Waals surface area contributed by atoms with Crippen LogP contribution in [0.15, 0.2) is 29.3 Å². The molecule has 8 heteroatoms. The van der Waals surface area contributed by atoms with Crippen molar-refractivity contribution in [3.05, 3.63) is 40.7 Å². The molecule has 148 valence electrons. The molecule has 0 aromatic carbocycles. The Morgan fingerprint density at radius 1 is 1.32 bits per heavy atom. The fourth-order valence-electron chi connectivity index (χ4n) is 4.31. The summed E-state index contributed by atoms with van der Waals surface area (Å²) < 4.78 is 15.6. The predicted octanol–water partition coefficient (Wildman–Crippen LogP) is 1.53. The first-order chi connectivity index (χ1) is 13.3. The summed E-state index contributed by atoms with van der Waals surface area (Å²) in [6, 6.07) is 3.08. The molecular weight excluding hydrogens is 361 g/mol. The minimum atomic E-state index is -0.511. The van der Waals surface area contributed by atoms with Gasteiger partial charge in [-0.2, -0.15) is 0 Å². The Balaban J connectivity index is 1.58. The first-order valence-electron chi connectivity index (χ1n) is 9.49. The second kappa shape index (κ2) is 6.68. The molecular formula is C20H24FN5O2. The van der Waals surface area contributed by atoms with Crippen LogP contribution in [-0.2, 0) is 11.8 Å². The van der Waals surface area contributed by atoms with Crippen molar-refractivity contribution in [2.24, 2.45) is 24.8 Å². The van der Waals surface area contributed by atoms with Crippen LogP contribution >= 0.6 is 0 Å². The highest BCUT2D eigenvalue weighted by Crippen LogP contribution is 2.49. The first-order valence-corrected chi connectivity index (χ1v) is 9.49. The number of hydrogen-bond donors (Lipinski definition) is 0. The predicted molar refractivity (Wildman–Crippen MR) is 103 cm³/mol. The molecule has 2 aliphatic rings. The highest BCUT2D eigenvalue weighted by atomic mass is 19.1. The lowest BCUT2D eigenvalue weighted by Gasteiger charge is -2.27. The molecule has 2 aromatic rings. The van der Waals surface area contributed by atoms with Crippen LogP contribution in [0.3, 0.4) is 0 Å². The third-order valence-corrected chi connectivity index (χ3v) is 5.88. The number of rotatable bonds is 4. The van der Waals surface area contributed by atoms with Crippen LogP contribution in [0.2, 0.25) is 0 Å². The number of pyridine rings is 1. The number of amides is 1. The Morgan fingerprint density at radius 3 is 2.61 bits per heavy atom. The third-order valence-electron chi connectivity index (χ3n) is 5.88. The van der Waals surface area contributed by atoms with Gasteiger partial charge in [-0.3, -0.25) is 19.1 Å². The summed E-state index contributed by atoms with van der Waals surface area (Å²) in [5.74, 6) is 0.942. The van der Waals surface area contributed by atoms with Crippen molar-refractivity contribution in [2.45, 2.75) is 19.9 Å². The fourth-order valence-corrected chi connectivity index (χ4v) is 4.31. The maximum absolute atomic E-state index is 14.1. The summed E-state index contributed by atoms with van der Waals surface area (Å²) in [4.78, 5) is 36.9. The number of piperidine rings is 1. The van der Waals surface area contributed by atoms with Crippen molar-refractivity contribution < 1.29 is 9.18 Å². The van der Waals surface area contributed by atoms with E-state index in [1.807, 2.05) is 30.7 Å². The summed E-state index contributed by atoms with van der Waals surface area (Å²) in [6.45, 7) is 5.31. The Hall–Kier alpha value is -2.77. The molecule has 7 nitrogen and oxygen atoms in total. The molecule has 2 aromatic heterocycles. The zero-order valence-electron chi connectivity index (χ0n) is 16.5. The van der Waals surface area contributed by atoms with Crippen molar-refractivity contribution in [2.75, 3.05) is 25.0 Å². The maximum atomic E-state index is 14.1. The Morgan fingerprint density at radius 2 is 2.00 bits per heavy atom. The van der Waals surface area contributed by atoms with Crippen LogP contribution in [-0.4, -0.2) is 51.5 Å². The number of likely N-dealkylation sites (tertiary alicyclic amines) is 1. The van der Waals surface area contributed by atoms with E-state index in [4.69, 9.17) is 0 Å². The highest BCUT2D eigenvalue weighted by molar-refractivity contribution is 5.78. The van der Waals surface area contributed by atoms with Gasteiger partial charge in [0.2, 0.25) is 11.9 Å². The second-order valence-corrected chi connectivity index (χ2v) is 8.02. The van der Waals surface area contributed by atoms with E-state index in [-0.39, 0.29) is 29.0 Å². The molecule has 0 spiro atoms. The number of halogens is 1. The van der Waals surface area contributed by atoms with Crippen molar-refractivity contribution in [1.29, 1.82) is 0 Å². The molecule has 0 unspecified atom stereocenters. The normalized spacial score (nSPS) is 23.1. The standard InChI is InChI=1S/C20H24FN5O2/c1-11(2)19(28)26-9-13-14(10-26)18(13)25(4)20-23-16(7-17(27)24(20)3)12-5-6-22-8-15(12)21/h5-8,11,13-14,18H,9-10H2,1-4H3/t13-,14+,18+. The summed E-state index contributed by atoms with van der Waals surface area (Å²) in [7, 11) is 3.58. The average molecular weight is 385 g/mol. The van der Waals surface area contributed by atoms with Crippen molar-refractivity contribution >= 4 is 11.9 Å². The third kappa shape index (κ3) is 2.96. The maximum Gasteiger partial charge on any atom is 0.255 e. The molecule has 1 amide bonds. The van der Waals surface area contributed by atoms with Crippen LogP contribution in [0.5, 0.6) is 0 Å². The largest absolute Gasteiger partial charge is 0.342 e. The molecule has 1 aliphatic heterocycles. The molecule has 0 N–H and O–H groups in total. The van der Waals surface area contributed by atoms with Gasteiger partial charge in [0.05, 0.1) is 11.9 Å². The Bertz CT molecular complexity index is 977. The van der Waals surface area contributed by atoms with E-state index in [0.29, 0.717) is 23.5 Å². The van der Waals surface area contributed by atoms with E-state index < -0.39 is 5.82 Å². The van der Waals surface area contributed by atoms with Crippen LogP contribution < -0.4 is 10.5 Å². The molecule has 2 fully saturated rings. The highest BCUT2D eigenvalue weighted by Gasteiger charge is 2.59. The minimum Gasteiger partial charge on any atom is -0.342 e. The number of nitrogens with zero attached hydrogens (tertiary/aromatic N) is 5. The van der Waals surface area contributed by atoms with Gasteiger partial charge < -0.3 is 9.80 Å². The number of fused-ring (bicyclic) bond motifs is 1. The SMILES string of the molecule is CC(C)C(=O)N1C[C@@H]2[C@H](C1)[C@H]2N(C)c1nc(-c2ccncc2F)cc(=O)n1C. The number of aromatic nitrogens is 3.